The Bertz CT molecular complexity index is 1130. The summed E-state index contributed by atoms with van der Waals surface area (Å²) < 4.78 is 86.3. The van der Waals surface area contributed by atoms with E-state index in [1.165, 1.54) is 4.90 Å². The molecule has 0 aromatic heterocycles. The summed E-state index contributed by atoms with van der Waals surface area (Å²) in [5.74, 6) is 0. The third kappa shape index (κ3) is 7.97. The van der Waals surface area contributed by atoms with Crippen molar-refractivity contribution in [2.24, 2.45) is 0 Å². The molecule has 0 spiro atoms. The second-order valence-electron chi connectivity index (χ2n) is 9.73. The van der Waals surface area contributed by atoms with Crippen LogP contribution in [0.4, 0.5) is 26.3 Å². The number of benzene rings is 3. The number of alkyl halides is 6. The maximum absolute atomic E-state index is 14.4. The minimum atomic E-state index is -4.85. The Labute approximate surface area is 229 Å². The first-order valence-corrected chi connectivity index (χ1v) is 13.1. The highest BCUT2D eigenvalue weighted by atomic mass is 35.5. The van der Waals surface area contributed by atoms with Gasteiger partial charge in [-0.1, -0.05) is 84.4 Å². The molecule has 1 N–H and O–H groups in total. The fourth-order valence-electron chi connectivity index (χ4n) is 5.09. The highest BCUT2D eigenvalue weighted by Gasteiger charge is 2.56. The highest BCUT2D eigenvalue weighted by Crippen LogP contribution is 2.39. The van der Waals surface area contributed by atoms with Crippen LogP contribution in [0.5, 0.6) is 0 Å². The third-order valence-corrected chi connectivity index (χ3v) is 7.33. The summed E-state index contributed by atoms with van der Waals surface area (Å²) in [5, 5.41) is 3.68. The number of nitrogens with one attached hydrogen (secondary N) is 1. The van der Waals surface area contributed by atoms with Gasteiger partial charge in [0.25, 0.3) is 0 Å². The van der Waals surface area contributed by atoms with Gasteiger partial charge in [-0.2, -0.15) is 26.3 Å². The van der Waals surface area contributed by atoms with E-state index < -0.39 is 43.6 Å². The second kappa shape index (κ2) is 12.7. The molecule has 0 radical (unpaired) electrons. The Morgan fingerprint density at radius 3 is 1.82 bits per heavy atom. The summed E-state index contributed by atoms with van der Waals surface area (Å²) in [6.45, 7) is -0.881. The van der Waals surface area contributed by atoms with E-state index in [0.717, 1.165) is 5.56 Å². The fraction of sp³-hybridized carbons (Fsp3) is 0.379. The van der Waals surface area contributed by atoms with Crippen molar-refractivity contribution in [1.82, 2.24) is 15.1 Å². The zero-order chi connectivity index (χ0) is 28.0. The smallest absolute Gasteiger partial charge is 0.311 e. The SMILES string of the molecule is FC(F)(F)C1CN(C(CNCc2ccccc2)c2ccccc2)CC(C(F)(F)F)N1CCc1ccc(Cl)cc1. The minimum absolute atomic E-state index is 0.0388. The Morgan fingerprint density at radius 2 is 1.28 bits per heavy atom. The van der Waals surface area contributed by atoms with E-state index in [1.807, 2.05) is 30.3 Å². The molecule has 0 bridgehead atoms. The first-order chi connectivity index (χ1) is 18.5. The summed E-state index contributed by atoms with van der Waals surface area (Å²) in [6.07, 6.45) is -9.65. The van der Waals surface area contributed by atoms with Crippen molar-refractivity contribution in [2.75, 3.05) is 26.2 Å². The molecule has 3 aromatic carbocycles. The fourth-order valence-corrected chi connectivity index (χ4v) is 5.21. The van der Waals surface area contributed by atoms with Crippen LogP contribution in [0, 0.1) is 0 Å². The zero-order valence-electron chi connectivity index (χ0n) is 21.1. The lowest BCUT2D eigenvalue weighted by atomic mass is 9.97. The van der Waals surface area contributed by atoms with Crippen LogP contribution < -0.4 is 5.32 Å². The summed E-state index contributed by atoms with van der Waals surface area (Å²) in [7, 11) is 0. The van der Waals surface area contributed by atoms with Crippen molar-refractivity contribution in [3.63, 3.8) is 0 Å². The van der Waals surface area contributed by atoms with Gasteiger partial charge in [0, 0.05) is 43.8 Å². The maximum atomic E-state index is 14.4. The molecule has 1 heterocycles. The number of halogens is 7. The molecule has 1 fully saturated rings. The lowest BCUT2D eigenvalue weighted by Crippen LogP contribution is -2.68. The van der Waals surface area contributed by atoms with Crippen LogP contribution in [-0.2, 0) is 13.0 Å². The topological polar surface area (TPSA) is 18.5 Å². The quantitative estimate of drug-likeness (QED) is 0.283. The summed E-state index contributed by atoms with van der Waals surface area (Å²) in [4.78, 5) is 1.92. The van der Waals surface area contributed by atoms with Gasteiger partial charge in [0.15, 0.2) is 0 Å². The molecule has 3 atom stereocenters. The summed E-state index contributed by atoms with van der Waals surface area (Å²) in [5.41, 5.74) is 2.25. The van der Waals surface area contributed by atoms with E-state index in [1.54, 1.807) is 54.6 Å². The van der Waals surface area contributed by atoms with E-state index in [2.05, 4.69) is 5.32 Å². The van der Waals surface area contributed by atoms with Crippen molar-refractivity contribution >= 4 is 11.6 Å². The van der Waals surface area contributed by atoms with Gasteiger partial charge in [-0.15, -0.1) is 0 Å². The Kier molecular flexibility index (Phi) is 9.59. The van der Waals surface area contributed by atoms with Crippen LogP contribution in [0.2, 0.25) is 5.02 Å². The van der Waals surface area contributed by atoms with E-state index >= 15 is 0 Å². The zero-order valence-corrected chi connectivity index (χ0v) is 21.9. The Balaban J connectivity index is 1.60. The molecule has 0 aliphatic carbocycles. The first-order valence-electron chi connectivity index (χ1n) is 12.7. The normalized spacial score (nSPS) is 20.2. The van der Waals surface area contributed by atoms with Crippen molar-refractivity contribution in [1.29, 1.82) is 0 Å². The largest absolute Gasteiger partial charge is 0.405 e. The van der Waals surface area contributed by atoms with Crippen LogP contribution in [0.1, 0.15) is 22.7 Å². The van der Waals surface area contributed by atoms with Gasteiger partial charge in [-0.05, 0) is 35.2 Å². The standard InChI is InChI=1S/C29H30ClF6N3/c30-24-13-11-21(12-14-24)15-16-39-26(28(31,32)33)19-38(20-27(39)29(34,35)36)25(23-9-5-2-6-10-23)18-37-17-22-7-3-1-4-8-22/h1-14,25-27,37H,15-20H2. The molecule has 1 aliphatic heterocycles. The average molecular weight is 570 g/mol. The molecule has 0 amide bonds. The molecule has 0 saturated carbocycles. The molecule has 4 rings (SSSR count). The average Bonchev–Trinajstić information content (AvgIpc) is 2.90. The van der Waals surface area contributed by atoms with Crippen LogP contribution in [0.25, 0.3) is 0 Å². The molecule has 1 aliphatic rings. The van der Waals surface area contributed by atoms with E-state index in [4.69, 9.17) is 11.6 Å². The predicted octanol–water partition coefficient (Wildman–Crippen LogP) is 6.89. The Hall–Kier alpha value is -2.59. The number of hydrogen-bond acceptors (Lipinski definition) is 3. The molecule has 3 aromatic rings. The molecule has 210 valence electrons. The van der Waals surface area contributed by atoms with Gasteiger partial charge < -0.3 is 5.32 Å². The molecule has 10 heteroatoms. The number of hydrogen-bond donors (Lipinski definition) is 1. The lowest BCUT2D eigenvalue weighted by molar-refractivity contribution is -0.256. The third-order valence-electron chi connectivity index (χ3n) is 7.08. The number of nitrogens with zero attached hydrogens (tertiary/aromatic N) is 2. The maximum Gasteiger partial charge on any atom is 0.405 e. The monoisotopic (exact) mass is 569 g/mol. The van der Waals surface area contributed by atoms with Gasteiger partial charge in [0.1, 0.15) is 12.1 Å². The molecular formula is C29H30ClF6N3. The van der Waals surface area contributed by atoms with E-state index in [0.29, 0.717) is 27.6 Å². The van der Waals surface area contributed by atoms with E-state index in [9.17, 15) is 26.3 Å². The van der Waals surface area contributed by atoms with Crippen molar-refractivity contribution in [3.8, 4) is 0 Å². The summed E-state index contributed by atoms with van der Waals surface area (Å²) in [6, 6.07) is 19.3. The molecule has 39 heavy (non-hydrogen) atoms. The number of piperazine rings is 1. The van der Waals surface area contributed by atoms with Crippen LogP contribution in [-0.4, -0.2) is 60.4 Å². The summed E-state index contributed by atoms with van der Waals surface area (Å²) >= 11 is 5.88. The van der Waals surface area contributed by atoms with Gasteiger partial charge in [-0.3, -0.25) is 9.80 Å². The highest BCUT2D eigenvalue weighted by molar-refractivity contribution is 6.30. The second-order valence-corrected chi connectivity index (χ2v) is 10.2. The predicted molar refractivity (Wildman–Crippen MR) is 140 cm³/mol. The molecule has 3 nitrogen and oxygen atoms in total. The van der Waals surface area contributed by atoms with Gasteiger partial charge >= 0.3 is 12.4 Å². The van der Waals surface area contributed by atoms with Crippen molar-refractivity contribution < 1.29 is 26.3 Å². The minimum Gasteiger partial charge on any atom is -0.311 e. The van der Waals surface area contributed by atoms with Crippen LogP contribution in [0.15, 0.2) is 84.9 Å². The number of rotatable bonds is 9. The van der Waals surface area contributed by atoms with Gasteiger partial charge in [-0.25, -0.2) is 0 Å². The molecular weight excluding hydrogens is 540 g/mol. The Morgan fingerprint density at radius 1 is 0.744 bits per heavy atom. The van der Waals surface area contributed by atoms with Gasteiger partial charge in [0.05, 0.1) is 0 Å². The molecule has 3 unspecified atom stereocenters. The van der Waals surface area contributed by atoms with Crippen LogP contribution in [0.3, 0.4) is 0 Å². The lowest BCUT2D eigenvalue weighted by Gasteiger charge is -2.49. The van der Waals surface area contributed by atoms with Gasteiger partial charge in [0.2, 0.25) is 0 Å². The van der Waals surface area contributed by atoms with Crippen LogP contribution >= 0.6 is 11.6 Å². The first kappa shape index (κ1) is 29.4. The van der Waals surface area contributed by atoms with E-state index in [-0.39, 0.29) is 19.5 Å². The molecule has 1 saturated heterocycles. The van der Waals surface area contributed by atoms with Crippen molar-refractivity contribution in [3.05, 3.63) is 107 Å². The van der Waals surface area contributed by atoms with Crippen molar-refractivity contribution in [2.45, 2.75) is 43.4 Å².